The van der Waals surface area contributed by atoms with Gasteiger partial charge in [0, 0.05) is 19.3 Å². The molecule has 0 aromatic heterocycles. The first kappa shape index (κ1) is 16.3. The van der Waals surface area contributed by atoms with Crippen molar-refractivity contribution in [3.05, 3.63) is 18.2 Å². The molecule has 0 heterocycles. The number of nitrogens with one attached hydrogen (secondary N) is 1. The molecule has 1 aromatic carbocycles. The number of sulfonamides is 1. The molecule has 3 N–H and O–H groups in total. The van der Waals surface area contributed by atoms with Crippen LogP contribution in [0.15, 0.2) is 23.1 Å². The Bertz CT molecular complexity index is 586. The molecule has 1 aromatic rings. The molecule has 0 spiro atoms. The lowest BCUT2D eigenvalue weighted by molar-refractivity contribution is -0.120. The van der Waals surface area contributed by atoms with Crippen molar-refractivity contribution in [3.63, 3.8) is 0 Å². The smallest absolute Gasteiger partial charge is 0.247 e. The molecule has 1 amide bonds. The summed E-state index contributed by atoms with van der Waals surface area (Å²) in [6.45, 7) is 1.56. The van der Waals surface area contributed by atoms with Crippen LogP contribution in [-0.4, -0.2) is 45.9 Å². The highest BCUT2D eigenvalue weighted by atomic mass is 32.2. The van der Waals surface area contributed by atoms with E-state index in [-0.39, 0.29) is 23.7 Å². The van der Waals surface area contributed by atoms with Gasteiger partial charge in [-0.2, -0.15) is 4.31 Å². The fourth-order valence-electron chi connectivity index (χ4n) is 1.64. The molecule has 0 aliphatic rings. The number of nitrogen functional groups attached to an aromatic ring is 1. The van der Waals surface area contributed by atoms with E-state index in [0.717, 1.165) is 4.31 Å². The lowest BCUT2D eigenvalue weighted by atomic mass is 10.3. The van der Waals surface area contributed by atoms with Crippen LogP contribution in [0.5, 0.6) is 5.75 Å². The van der Waals surface area contributed by atoms with Gasteiger partial charge in [-0.3, -0.25) is 4.79 Å². The zero-order valence-electron chi connectivity index (χ0n) is 11.7. The third kappa shape index (κ3) is 3.40. The van der Waals surface area contributed by atoms with Crippen LogP contribution >= 0.6 is 0 Å². The first-order chi connectivity index (χ1) is 9.36. The number of likely N-dealkylation sites (N-methyl/N-ethyl adjacent to an activating group) is 2. The largest absolute Gasteiger partial charge is 0.495 e. The van der Waals surface area contributed by atoms with E-state index in [0.29, 0.717) is 5.69 Å². The van der Waals surface area contributed by atoms with Crippen molar-refractivity contribution < 1.29 is 17.9 Å². The maximum atomic E-state index is 12.6. The maximum Gasteiger partial charge on any atom is 0.247 e. The zero-order chi connectivity index (χ0) is 15.3. The van der Waals surface area contributed by atoms with E-state index in [9.17, 15) is 13.2 Å². The van der Waals surface area contributed by atoms with Crippen molar-refractivity contribution in [2.24, 2.45) is 0 Å². The van der Waals surface area contributed by atoms with Crippen LogP contribution in [0.2, 0.25) is 0 Å². The summed E-state index contributed by atoms with van der Waals surface area (Å²) in [5, 5.41) is 2.39. The number of carbonyl (C=O) groups excluding carboxylic acids is 1. The van der Waals surface area contributed by atoms with Gasteiger partial charge < -0.3 is 15.8 Å². The first-order valence-electron chi connectivity index (χ1n) is 6.01. The molecule has 0 aliphatic carbocycles. The molecule has 0 aliphatic heterocycles. The number of hydrogen-bond donors (Lipinski definition) is 2. The highest BCUT2D eigenvalue weighted by Crippen LogP contribution is 2.28. The van der Waals surface area contributed by atoms with Crippen LogP contribution in [-0.2, 0) is 14.8 Å². The number of rotatable bonds is 6. The maximum absolute atomic E-state index is 12.6. The second-order valence-corrected chi connectivity index (χ2v) is 5.92. The van der Waals surface area contributed by atoms with Gasteiger partial charge in [0.2, 0.25) is 15.9 Å². The zero-order valence-corrected chi connectivity index (χ0v) is 12.5. The molecule has 112 valence electrons. The Kier molecular flexibility index (Phi) is 5.34. The van der Waals surface area contributed by atoms with Gasteiger partial charge in [0.25, 0.3) is 0 Å². The van der Waals surface area contributed by atoms with E-state index >= 15 is 0 Å². The standard InChI is InChI=1S/C12H19N3O4S/c1-4-15(8-12(16)14-2)20(17,18)11-7-9(13)5-6-10(11)19-3/h5-7H,4,8,13H2,1-3H3,(H,14,16). The summed E-state index contributed by atoms with van der Waals surface area (Å²) in [7, 11) is -1.03. The molecule has 7 nitrogen and oxygen atoms in total. The van der Waals surface area contributed by atoms with E-state index < -0.39 is 15.9 Å². The molecule has 0 fully saturated rings. The van der Waals surface area contributed by atoms with E-state index in [2.05, 4.69) is 5.32 Å². The van der Waals surface area contributed by atoms with Gasteiger partial charge in [0.15, 0.2) is 0 Å². The molecular weight excluding hydrogens is 282 g/mol. The van der Waals surface area contributed by atoms with Crippen molar-refractivity contribution in [1.82, 2.24) is 9.62 Å². The Morgan fingerprint density at radius 1 is 1.45 bits per heavy atom. The van der Waals surface area contributed by atoms with Crippen LogP contribution in [0.4, 0.5) is 5.69 Å². The molecular formula is C12H19N3O4S. The quantitative estimate of drug-likeness (QED) is 0.722. The van der Waals surface area contributed by atoms with E-state index in [4.69, 9.17) is 10.5 Å². The van der Waals surface area contributed by atoms with E-state index in [1.807, 2.05) is 0 Å². The minimum atomic E-state index is -3.85. The molecule has 8 heteroatoms. The molecule has 0 bridgehead atoms. The van der Waals surface area contributed by atoms with Gasteiger partial charge in [-0.05, 0) is 18.2 Å². The normalized spacial score (nSPS) is 11.4. The van der Waals surface area contributed by atoms with E-state index in [1.165, 1.54) is 26.3 Å². The van der Waals surface area contributed by atoms with Crippen molar-refractivity contribution >= 4 is 21.6 Å². The monoisotopic (exact) mass is 301 g/mol. The number of amides is 1. The average Bonchev–Trinajstić information content (AvgIpc) is 2.44. The number of methoxy groups -OCH3 is 1. The molecule has 0 saturated carbocycles. The van der Waals surface area contributed by atoms with Crippen LogP contribution in [0.25, 0.3) is 0 Å². The van der Waals surface area contributed by atoms with Gasteiger partial charge in [0.05, 0.1) is 13.7 Å². The third-order valence-electron chi connectivity index (χ3n) is 2.76. The van der Waals surface area contributed by atoms with Crippen molar-refractivity contribution in [1.29, 1.82) is 0 Å². The fourth-order valence-corrected chi connectivity index (χ4v) is 3.24. The number of hydrogen-bond acceptors (Lipinski definition) is 5. The topological polar surface area (TPSA) is 102 Å². The number of carbonyl (C=O) groups is 1. The van der Waals surface area contributed by atoms with Crippen molar-refractivity contribution in [2.45, 2.75) is 11.8 Å². The summed E-state index contributed by atoms with van der Waals surface area (Å²) < 4.78 is 31.2. The SMILES string of the molecule is CCN(CC(=O)NC)S(=O)(=O)c1cc(N)ccc1OC. The lowest BCUT2D eigenvalue weighted by Gasteiger charge is -2.21. The molecule has 1 rings (SSSR count). The summed E-state index contributed by atoms with van der Waals surface area (Å²) in [5.41, 5.74) is 5.94. The minimum Gasteiger partial charge on any atom is -0.495 e. The van der Waals surface area contributed by atoms with Gasteiger partial charge in [0.1, 0.15) is 10.6 Å². The third-order valence-corrected chi connectivity index (χ3v) is 4.70. The van der Waals surface area contributed by atoms with Gasteiger partial charge in [-0.25, -0.2) is 8.42 Å². The van der Waals surface area contributed by atoms with Crippen LogP contribution in [0.3, 0.4) is 0 Å². The van der Waals surface area contributed by atoms with Crippen molar-refractivity contribution in [3.8, 4) is 5.75 Å². The van der Waals surface area contributed by atoms with Crippen LogP contribution in [0, 0.1) is 0 Å². The predicted octanol–water partition coefficient (Wildman–Crippen LogP) is 0.0340. The number of nitrogens with two attached hydrogens (primary N) is 1. The van der Waals surface area contributed by atoms with Gasteiger partial charge >= 0.3 is 0 Å². The summed E-state index contributed by atoms with van der Waals surface area (Å²) >= 11 is 0. The average molecular weight is 301 g/mol. The van der Waals surface area contributed by atoms with Gasteiger partial charge in [-0.1, -0.05) is 6.92 Å². The second-order valence-electron chi connectivity index (χ2n) is 4.01. The van der Waals surface area contributed by atoms with E-state index in [1.54, 1.807) is 13.0 Å². The highest BCUT2D eigenvalue weighted by molar-refractivity contribution is 7.89. The van der Waals surface area contributed by atoms with Gasteiger partial charge in [-0.15, -0.1) is 0 Å². The Hall–Kier alpha value is -1.80. The number of ether oxygens (including phenoxy) is 1. The Morgan fingerprint density at radius 2 is 2.10 bits per heavy atom. The van der Waals surface area contributed by atoms with Crippen LogP contribution in [0.1, 0.15) is 6.92 Å². The Balaban J connectivity index is 3.26. The molecule has 0 unspecified atom stereocenters. The summed E-state index contributed by atoms with van der Waals surface area (Å²) in [6.07, 6.45) is 0. The number of benzene rings is 1. The summed E-state index contributed by atoms with van der Waals surface area (Å²) in [4.78, 5) is 11.4. The predicted molar refractivity (Wildman–Crippen MR) is 75.9 cm³/mol. The van der Waals surface area contributed by atoms with Crippen molar-refractivity contribution in [2.75, 3.05) is 33.0 Å². The number of nitrogens with zero attached hydrogens (tertiary/aromatic N) is 1. The Morgan fingerprint density at radius 3 is 2.60 bits per heavy atom. The molecule has 0 atom stereocenters. The molecule has 0 saturated heterocycles. The highest BCUT2D eigenvalue weighted by Gasteiger charge is 2.28. The molecule has 0 radical (unpaired) electrons. The summed E-state index contributed by atoms with van der Waals surface area (Å²) in [6, 6.07) is 4.35. The second kappa shape index (κ2) is 6.58. The molecule has 20 heavy (non-hydrogen) atoms. The summed E-state index contributed by atoms with van der Waals surface area (Å²) in [5.74, 6) is -0.201. The number of anilines is 1. The minimum absolute atomic E-state index is 0.0502. The fraction of sp³-hybridized carbons (Fsp3) is 0.417. The Labute approximate surface area is 118 Å². The van der Waals surface area contributed by atoms with Crippen LogP contribution < -0.4 is 15.8 Å². The lowest BCUT2D eigenvalue weighted by Crippen LogP contribution is -2.39. The first-order valence-corrected chi connectivity index (χ1v) is 7.45.